The van der Waals surface area contributed by atoms with Gasteiger partial charge in [-0.15, -0.1) is 24.0 Å². The summed E-state index contributed by atoms with van der Waals surface area (Å²) in [6.07, 6.45) is 0.247. The molecule has 0 saturated carbocycles. The van der Waals surface area contributed by atoms with Gasteiger partial charge in [0.15, 0.2) is 5.96 Å². The van der Waals surface area contributed by atoms with Gasteiger partial charge in [-0.1, -0.05) is 31.3 Å². The second kappa shape index (κ2) is 13.0. The third kappa shape index (κ3) is 9.26. The maximum atomic E-state index is 12.7. The van der Waals surface area contributed by atoms with Crippen molar-refractivity contribution in [1.82, 2.24) is 15.5 Å². The molecule has 0 atom stereocenters. The molecule has 2 N–H and O–H groups in total. The molecule has 1 aliphatic rings. The summed E-state index contributed by atoms with van der Waals surface area (Å²) in [5, 5.41) is 6.51. The monoisotopic (exact) mass is 522 g/mol. The van der Waals surface area contributed by atoms with Crippen molar-refractivity contribution in [2.24, 2.45) is 4.99 Å². The van der Waals surface area contributed by atoms with E-state index in [0.29, 0.717) is 24.1 Å². The van der Waals surface area contributed by atoms with Crippen molar-refractivity contribution in [3.8, 4) is 11.8 Å². The van der Waals surface area contributed by atoms with Crippen LogP contribution in [0, 0.1) is 11.8 Å². The SMILES string of the molecule is CCCCN1CCC(NC(=NC)NCC#Cc2cccc(C(F)(F)F)c2)CC1.I. The predicted octanol–water partition coefficient (Wildman–Crippen LogP) is 4.10. The van der Waals surface area contributed by atoms with Crippen LogP contribution in [0.5, 0.6) is 0 Å². The van der Waals surface area contributed by atoms with E-state index in [-0.39, 0.29) is 24.0 Å². The van der Waals surface area contributed by atoms with E-state index < -0.39 is 11.7 Å². The van der Waals surface area contributed by atoms with E-state index in [1.54, 1.807) is 13.1 Å². The molecule has 2 rings (SSSR count). The first-order valence-electron chi connectivity index (χ1n) is 9.78. The number of hydrogen-bond donors (Lipinski definition) is 2. The summed E-state index contributed by atoms with van der Waals surface area (Å²) in [5.74, 6) is 6.29. The average Bonchev–Trinajstić information content (AvgIpc) is 2.69. The van der Waals surface area contributed by atoms with Gasteiger partial charge in [0.1, 0.15) is 0 Å². The van der Waals surface area contributed by atoms with Gasteiger partial charge in [0.2, 0.25) is 0 Å². The van der Waals surface area contributed by atoms with Crippen molar-refractivity contribution >= 4 is 29.9 Å². The lowest BCUT2D eigenvalue weighted by molar-refractivity contribution is -0.137. The number of likely N-dealkylation sites (tertiary alicyclic amines) is 1. The van der Waals surface area contributed by atoms with Crippen LogP contribution in [0.1, 0.15) is 43.7 Å². The molecule has 162 valence electrons. The van der Waals surface area contributed by atoms with Crippen molar-refractivity contribution in [1.29, 1.82) is 0 Å². The Balaban J connectivity index is 0.00000420. The highest BCUT2D eigenvalue weighted by atomic mass is 127. The Hall–Kier alpha value is -1.47. The Bertz CT molecular complexity index is 702. The fraction of sp³-hybridized carbons (Fsp3) is 0.571. The molecular weight excluding hydrogens is 492 g/mol. The third-order valence-electron chi connectivity index (χ3n) is 4.75. The second-order valence-electron chi connectivity index (χ2n) is 6.92. The lowest BCUT2D eigenvalue weighted by atomic mass is 10.0. The van der Waals surface area contributed by atoms with Gasteiger partial charge in [0.25, 0.3) is 0 Å². The third-order valence-corrected chi connectivity index (χ3v) is 4.75. The van der Waals surface area contributed by atoms with Crippen molar-refractivity contribution in [2.75, 3.05) is 33.2 Å². The number of nitrogens with one attached hydrogen (secondary N) is 2. The Morgan fingerprint density at radius 2 is 2.00 bits per heavy atom. The minimum absolute atomic E-state index is 0. The molecule has 4 nitrogen and oxygen atoms in total. The number of hydrogen-bond acceptors (Lipinski definition) is 2. The molecule has 8 heteroatoms. The maximum absolute atomic E-state index is 12.7. The van der Waals surface area contributed by atoms with E-state index in [1.807, 2.05) is 0 Å². The van der Waals surface area contributed by atoms with Crippen LogP contribution in [-0.4, -0.2) is 50.1 Å². The Labute approximate surface area is 188 Å². The van der Waals surface area contributed by atoms with Crippen LogP contribution in [0.15, 0.2) is 29.3 Å². The smallest absolute Gasteiger partial charge is 0.354 e. The Morgan fingerprint density at radius 3 is 2.62 bits per heavy atom. The van der Waals surface area contributed by atoms with Gasteiger partial charge in [-0.25, -0.2) is 0 Å². The van der Waals surface area contributed by atoms with Gasteiger partial charge in [-0.05, 0) is 44.0 Å². The Kier molecular flexibility index (Phi) is 11.4. The van der Waals surface area contributed by atoms with E-state index in [2.05, 4.69) is 39.3 Å². The molecule has 0 aromatic heterocycles. The molecule has 29 heavy (non-hydrogen) atoms. The summed E-state index contributed by atoms with van der Waals surface area (Å²) in [6, 6.07) is 5.42. The van der Waals surface area contributed by atoms with Crippen LogP contribution in [-0.2, 0) is 6.18 Å². The van der Waals surface area contributed by atoms with Crippen LogP contribution >= 0.6 is 24.0 Å². The minimum Gasteiger partial charge on any atom is -0.354 e. The lowest BCUT2D eigenvalue weighted by Gasteiger charge is -2.32. The van der Waals surface area contributed by atoms with Gasteiger partial charge < -0.3 is 15.5 Å². The van der Waals surface area contributed by atoms with E-state index in [4.69, 9.17) is 0 Å². The standard InChI is InChI=1S/C21H29F3N4.HI/c1-3-4-13-28-14-10-19(11-15-28)27-20(25-2)26-12-6-8-17-7-5-9-18(16-17)21(22,23)24;/h5,7,9,16,19H,3-4,10-15H2,1-2H3,(H2,25,26,27);1H. The maximum Gasteiger partial charge on any atom is 0.416 e. The molecule has 0 unspecified atom stereocenters. The highest BCUT2D eigenvalue weighted by Crippen LogP contribution is 2.29. The van der Waals surface area contributed by atoms with Crippen molar-refractivity contribution < 1.29 is 13.2 Å². The largest absolute Gasteiger partial charge is 0.416 e. The lowest BCUT2D eigenvalue weighted by Crippen LogP contribution is -2.48. The van der Waals surface area contributed by atoms with E-state index in [1.165, 1.54) is 25.5 Å². The van der Waals surface area contributed by atoms with Crippen molar-refractivity contribution in [3.05, 3.63) is 35.4 Å². The summed E-state index contributed by atoms with van der Waals surface area (Å²) in [4.78, 5) is 6.70. The molecule has 0 amide bonds. The van der Waals surface area contributed by atoms with Crippen LogP contribution in [0.2, 0.25) is 0 Å². The molecule has 0 bridgehead atoms. The first-order valence-corrected chi connectivity index (χ1v) is 9.78. The molecule has 0 aliphatic carbocycles. The molecule has 1 aromatic carbocycles. The normalized spacial score (nSPS) is 15.8. The minimum atomic E-state index is -4.35. The van der Waals surface area contributed by atoms with Crippen LogP contribution in [0.3, 0.4) is 0 Å². The van der Waals surface area contributed by atoms with Crippen LogP contribution in [0.4, 0.5) is 13.2 Å². The number of aliphatic imine (C=N–C) groups is 1. The zero-order chi connectivity index (χ0) is 20.4. The molecule has 1 aliphatic heterocycles. The molecule has 1 fully saturated rings. The summed E-state index contributed by atoms with van der Waals surface area (Å²) >= 11 is 0. The summed E-state index contributed by atoms with van der Waals surface area (Å²) in [7, 11) is 1.70. The fourth-order valence-corrected chi connectivity index (χ4v) is 3.12. The fourth-order valence-electron chi connectivity index (χ4n) is 3.12. The number of halogens is 4. The van der Waals surface area contributed by atoms with Gasteiger partial charge in [0, 0.05) is 31.7 Å². The van der Waals surface area contributed by atoms with Gasteiger partial charge in [0.05, 0.1) is 12.1 Å². The summed E-state index contributed by atoms with van der Waals surface area (Å²) < 4.78 is 38.2. The van der Waals surface area contributed by atoms with Gasteiger partial charge >= 0.3 is 6.18 Å². The quantitative estimate of drug-likeness (QED) is 0.265. The number of nitrogens with zero attached hydrogens (tertiary/aromatic N) is 2. The zero-order valence-corrected chi connectivity index (χ0v) is 19.3. The first-order chi connectivity index (χ1) is 13.4. The molecule has 0 spiro atoms. The average molecular weight is 522 g/mol. The topological polar surface area (TPSA) is 39.7 Å². The molecule has 1 heterocycles. The van der Waals surface area contributed by atoms with E-state index >= 15 is 0 Å². The van der Waals surface area contributed by atoms with E-state index in [9.17, 15) is 13.2 Å². The summed E-state index contributed by atoms with van der Waals surface area (Å²) in [6.45, 7) is 5.86. The van der Waals surface area contributed by atoms with Crippen LogP contribution in [0.25, 0.3) is 0 Å². The first kappa shape index (κ1) is 25.6. The molecule has 1 saturated heterocycles. The second-order valence-corrected chi connectivity index (χ2v) is 6.92. The van der Waals surface area contributed by atoms with Crippen LogP contribution < -0.4 is 10.6 Å². The molecule has 1 aromatic rings. The molecular formula is C21H30F3IN4. The van der Waals surface area contributed by atoms with Crippen molar-refractivity contribution in [2.45, 2.75) is 44.8 Å². The number of rotatable bonds is 5. The van der Waals surface area contributed by atoms with E-state index in [0.717, 1.165) is 38.1 Å². The zero-order valence-electron chi connectivity index (χ0n) is 17.0. The van der Waals surface area contributed by atoms with Crippen molar-refractivity contribution in [3.63, 3.8) is 0 Å². The predicted molar refractivity (Wildman–Crippen MR) is 123 cm³/mol. The number of alkyl halides is 3. The molecule has 0 radical (unpaired) electrons. The highest BCUT2D eigenvalue weighted by molar-refractivity contribution is 14.0. The van der Waals surface area contributed by atoms with Gasteiger partial charge in [-0.2, -0.15) is 13.2 Å². The number of benzene rings is 1. The highest BCUT2D eigenvalue weighted by Gasteiger charge is 2.30. The summed E-state index contributed by atoms with van der Waals surface area (Å²) in [5.41, 5.74) is -0.339. The Morgan fingerprint density at radius 1 is 1.28 bits per heavy atom. The number of unbranched alkanes of at least 4 members (excludes halogenated alkanes) is 1. The number of piperidine rings is 1. The number of guanidine groups is 1. The van der Waals surface area contributed by atoms with Gasteiger partial charge in [-0.3, -0.25) is 4.99 Å².